The molecule has 8 fully saturated rings. The number of alkyl halides is 7. The van der Waals surface area contributed by atoms with Gasteiger partial charge in [-0.25, -0.2) is 97.3 Å². The number of fused-ring (bicyclic) bond motifs is 15. The second-order valence-corrected chi connectivity index (χ2v) is 36.7. The number of aromatic nitrogens is 21. The van der Waals surface area contributed by atoms with Crippen molar-refractivity contribution in [3.8, 4) is 51.3 Å². The van der Waals surface area contributed by atoms with Crippen molar-refractivity contribution >= 4 is 91.1 Å². The fourth-order valence-corrected chi connectivity index (χ4v) is 19.2. The van der Waals surface area contributed by atoms with Crippen LogP contribution in [0.1, 0.15) is 161 Å². The summed E-state index contributed by atoms with van der Waals surface area (Å²) in [6, 6.07) is 5.72. The Labute approximate surface area is 718 Å². The van der Waals surface area contributed by atoms with E-state index in [2.05, 4.69) is 82.2 Å². The summed E-state index contributed by atoms with van der Waals surface area (Å²) >= 11 is 0. The second-order valence-electron chi connectivity index (χ2n) is 36.7. The van der Waals surface area contributed by atoms with Crippen LogP contribution in [0.25, 0.3) is 95.8 Å². The third kappa shape index (κ3) is 14.6. The van der Waals surface area contributed by atoms with Gasteiger partial charge in [-0.15, -0.1) is 0 Å². The lowest BCUT2D eigenvalue weighted by molar-refractivity contribution is -0.137. The maximum Gasteiger partial charge on any atom is 0.419 e. The lowest BCUT2D eigenvalue weighted by Crippen LogP contribution is -2.56. The van der Waals surface area contributed by atoms with E-state index in [1.54, 1.807) is 35.8 Å². The molecule has 2 saturated carbocycles. The molecule has 2 atom stereocenters. The summed E-state index contributed by atoms with van der Waals surface area (Å²) < 4.78 is 134. The fourth-order valence-electron chi connectivity index (χ4n) is 19.2. The molecule has 0 unspecified atom stereocenters. The van der Waals surface area contributed by atoms with Gasteiger partial charge >= 0.3 is 6.18 Å². The SMILES string of the molecule is CC(C)C1=CCc2ncc(-c3nc(N4CCC(F)(F)C4)c4nc5n(c4n3)CCOC5(C)C)cc21.CC(C)Oc1cc(-c2nc(N3CC(F)(F)C3)c3nc4n(c3n2)CCOC4(C)C)cnc1N.CC1(C)OCCn2c1nc1c(N3CC4CC3C4)nc(-c3cnc(N)c(C(F)(F)F)c3)nc12.C[C@H]1Cn2c(nc3c(N4CC5CC4C5)nc(-c4cnc(N)nc4)nc32)[C@@H](C)O1. The number of hydrogen-bond acceptors (Lipinski definition) is 29. The highest BCUT2D eigenvalue weighted by Crippen LogP contribution is 2.50. The summed E-state index contributed by atoms with van der Waals surface area (Å²) in [4.78, 5) is 86.4. The molecule has 40 heteroatoms. The zero-order valence-electron chi connectivity index (χ0n) is 71.8. The molecular weight excluding hydrogens is 1640 g/mol. The van der Waals surface area contributed by atoms with Gasteiger partial charge in [0.2, 0.25) is 5.95 Å². The van der Waals surface area contributed by atoms with Crippen LogP contribution in [0.5, 0.6) is 5.75 Å². The molecule has 0 amide bonds. The van der Waals surface area contributed by atoms with Crippen molar-refractivity contribution in [2.75, 3.05) is 95.9 Å². The number of imidazole rings is 4. The first kappa shape index (κ1) is 82.5. The number of halogens is 7. The molecule has 6 N–H and O–H groups in total. The van der Waals surface area contributed by atoms with Crippen molar-refractivity contribution < 1.29 is 54.4 Å². The summed E-state index contributed by atoms with van der Waals surface area (Å²) in [7, 11) is 0. The molecule has 0 spiro atoms. The Hall–Kier alpha value is -11.8. The number of pyridine rings is 3. The fraction of sp³-hybridized carbons (Fsp3) is 0.523. The van der Waals surface area contributed by atoms with E-state index in [1.807, 2.05) is 76.0 Å². The first-order valence-corrected chi connectivity index (χ1v) is 42.9. The van der Waals surface area contributed by atoms with Crippen molar-refractivity contribution in [3.05, 3.63) is 95.4 Å². The Bertz CT molecular complexity index is 6380. The summed E-state index contributed by atoms with van der Waals surface area (Å²) in [5.74, 6) is 3.76. The number of nitrogens with zero attached hydrogens (tertiary/aromatic N) is 25. The minimum atomic E-state index is -4.62. The van der Waals surface area contributed by atoms with E-state index in [0.717, 1.165) is 108 Å². The molecule has 33 nitrogen and oxygen atoms in total. The molecule has 126 heavy (non-hydrogen) atoms. The summed E-state index contributed by atoms with van der Waals surface area (Å²) in [5.41, 5.74) is 25.3. The van der Waals surface area contributed by atoms with Crippen LogP contribution in [0.4, 0.5) is 71.6 Å². The van der Waals surface area contributed by atoms with Crippen LogP contribution in [-0.2, 0) is 74.5 Å². The van der Waals surface area contributed by atoms with Gasteiger partial charge in [-0.1, -0.05) is 19.9 Å². The van der Waals surface area contributed by atoms with Crippen LogP contribution in [-0.4, -0.2) is 198 Å². The minimum absolute atomic E-state index is 0.0682. The Morgan fingerprint density at radius 3 is 1.40 bits per heavy atom. The largest absolute Gasteiger partial charge is 0.487 e. The highest BCUT2D eigenvalue weighted by Gasteiger charge is 2.50. The molecule has 12 aromatic rings. The molecule has 13 aliphatic rings. The topological polar surface area (TPSA) is 376 Å². The quantitative estimate of drug-likeness (QED) is 0.101. The summed E-state index contributed by atoms with van der Waals surface area (Å²) in [6.07, 6.45) is 10.9. The number of anilines is 7. The Kier molecular flexibility index (Phi) is 19.6. The minimum Gasteiger partial charge on any atom is -0.487 e. The zero-order chi connectivity index (χ0) is 88.1. The predicted molar refractivity (Wildman–Crippen MR) is 455 cm³/mol. The lowest BCUT2D eigenvalue weighted by atomic mass is 9.86. The Morgan fingerprint density at radius 2 is 0.929 bits per heavy atom. The van der Waals surface area contributed by atoms with E-state index in [9.17, 15) is 30.7 Å². The lowest BCUT2D eigenvalue weighted by Gasteiger charge is -2.39. The predicted octanol–water partition coefficient (Wildman–Crippen LogP) is 12.9. The van der Waals surface area contributed by atoms with E-state index >= 15 is 0 Å². The number of ether oxygens (including phenoxy) is 5. The summed E-state index contributed by atoms with van der Waals surface area (Å²) in [6.45, 7) is 28.8. The molecule has 0 aromatic carbocycles. The highest BCUT2D eigenvalue weighted by atomic mass is 19.4. The maximum atomic E-state index is 14.2. The number of rotatable bonds is 11. The number of nitrogen functional groups attached to an aromatic ring is 3. The van der Waals surface area contributed by atoms with Gasteiger partial charge in [0.25, 0.3) is 11.8 Å². The highest BCUT2D eigenvalue weighted by molar-refractivity contribution is 5.91. The molecule has 0 radical (unpaired) electrons. The van der Waals surface area contributed by atoms with Crippen LogP contribution in [0.2, 0.25) is 0 Å². The van der Waals surface area contributed by atoms with Gasteiger partial charge in [0.1, 0.15) is 52.0 Å². The van der Waals surface area contributed by atoms with Crippen molar-refractivity contribution in [2.45, 2.75) is 213 Å². The first-order valence-electron chi connectivity index (χ1n) is 42.9. The number of allylic oxidation sites excluding steroid dienone is 2. The molecule has 25 rings (SSSR count). The van der Waals surface area contributed by atoms with E-state index in [1.165, 1.54) is 29.5 Å². The second kappa shape index (κ2) is 29.9. The van der Waals surface area contributed by atoms with Gasteiger partial charge in [0, 0.05) is 117 Å². The normalized spacial score (nSPS) is 22.8. The molecule has 22 heterocycles. The van der Waals surface area contributed by atoms with Crippen molar-refractivity contribution in [1.82, 2.24) is 103 Å². The van der Waals surface area contributed by atoms with E-state index in [4.69, 9.17) is 90.7 Å². The standard InChI is InChI=1S/C25H28F2N6O.C21H22F3N7O.C21H25F2N7O2.C19H22N8O/c1-14(2)16-5-6-18-17(16)11-15(12-28-18)20-30-21(32-8-7-25(26,27)13-32)19-22(31-20)33-9-10-34-24(3,4)23(33)29-19;1-20(2)19-27-14-17(30(19)3-4-32-20)28-16(29-18(14)31-9-10-5-12(31)6-10)11-7-13(21(22,23)24)15(25)26-8-11;1-11(2)32-13-7-12(8-25-15(13)24)16-27-17(29-9-21(22,23)10-29)14-18(28-16)30-5-6-31-20(3,4)19(30)26-14;1-9-7-27-16(10(2)28-9)23-14-17(26-8-11-3-13(26)4-11)24-15(25-18(14)27)12-5-21-19(20)22-6-12/h5,11-12,14H,6-10,13H2,1-4H3;7-8,10,12H,3-6,9H2,1-2H3,(H2,25,26);7-8,11H,5-6,9-10H2,1-4H3,(H2,24,25);5-6,9-11,13H,3-4,7-8H2,1-2H3,(H2,20,21,22)/t;;;9-,10+,11?,13?/m...0/s1. The van der Waals surface area contributed by atoms with E-state index in [0.29, 0.717) is 149 Å². The summed E-state index contributed by atoms with van der Waals surface area (Å²) in [5, 5.41) is 0. The molecule has 6 saturated heterocycles. The molecular formula is C86H97F7N28O5. The van der Waals surface area contributed by atoms with Crippen LogP contribution in [0, 0.1) is 17.8 Å². The maximum absolute atomic E-state index is 14.2. The molecule has 12 aromatic heterocycles. The zero-order valence-corrected chi connectivity index (χ0v) is 71.8. The van der Waals surface area contributed by atoms with Crippen LogP contribution in [0.3, 0.4) is 0 Å². The third-order valence-electron chi connectivity index (χ3n) is 25.5. The monoisotopic (exact) mass is 1730 g/mol. The molecule has 660 valence electrons. The molecule has 3 aliphatic carbocycles. The van der Waals surface area contributed by atoms with Crippen molar-refractivity contribution in [3.63, 3.8) is 0 Å². The van der Waals surface area contributed by atoms with E-state index in [-0.39, 0.29) is 61.0 Å². The van der Waals surface area contributed by atoms with Gasteiger partial charge in [-0.2, -0.15) is 13.2 Å². The average molecular weight is 1740 g/mol. The van der Waals surface area contributed by atoms with Gasteiger partial charge in [0.15, 0.2) is 103 Å². The van der Waals surface area contributed by atoms with Gasteiger partial charge in [0.05, 0.1) is 75.0 Å². The molecule has 4 bridgehead atoms. The van der Waals surface area contributed by atoms with Gasteiger partial charge in [-0.3, -0.25) is 4.98 Å². The van der Waals surface area contributed by atoms with E-state index < -0.39 is 59.3 Å². The first-order chi connectivity index (χ1) is 59.8. The third-order valence-corrected chi connectivity index (χ3v) is 25.5. The Morgan fingerprint density at radius 1 is 0.484 bits per heavy atom. The van der Waals surface area contributed by atoms with Gasteiger partial charge < -0.3 is 78.8 Å². The smallest absolute Gasteiger partial charge is 0.419 e. The molecule has 10 aliphatic heterocycles. The van der Waals surface area contributed by atoms with Gasteiger partial charge in [-0.05, 0) is 136 Å². The van der Waals surface area contributed by atoms with Crippen molar-refractivity contribution in [2.24, 2.45) is 17.8 Å². The number of hydrogen-bond donors (Lipinski definition) is 3. The van der Waals surface area contributed by atoms with Crippen LogP contribution in [0.15, 0.2) is 55.3 Å². The Balaban J connectivity index is 0.000000106. The van der Waals surface area contributed by atoms with Crippen LogP contribution < -0.4 is 41.5 Å². The number of nitrogens with two attached hydrogens (primary N) is 3. The average Bonchev–Trinajstić information content (AvgIpc) is 1.58. The van der Waals surface area contributed by atoms with Crippen molar-refractivity contribution in [1.29, 1.82) is 0 Å². The van der Waals surface area contributed by atoms with Crippen LogP contribution >= 0.6 is 0 Å².